The summed E-state index contributed by atoms with van der Waals surface area (Å²) in [4.78, 5) is 0.506. The van der Waals surface area contributed by atoms with E-state index >= 15 is 0 Å². The van der Waals surface area contributed by atoms with Crippen molar-refractivity contribution in [3.63, 3.8) is 0 Å². The Hall–Kier alpha value is -1.43. The van der Waals surface area contributed by atoms with Gasteiger partial charge >= 0.3 is 7.12 Å². The van der Waals surface area contributed by atoms with Gasteiger partial charge in [0.1, 0.15) is 11.2 Å². The van der Waals surface area contributed by atoms with Crippen LogP contribution in [-0.4, -0.2) is 17.2 Å². The van der Waals surface area contributed by atoms with E-state index in [1.54, 1.807) is 12.1 Å². The van der Waals surface area contributed by atoms with Crippen LogP contribution >= 0.6 is 12.6 Å². The first-order valence-electron chi connectivity index (χ1n) is 5.17. The topological polar surface area (TPSA) is 53.6 Å². The van der Waals surface area contributed by atoms with Gasteiger partial charge in [-0.25, -0.2) is 0 Å². The van der Waals surface area contributed by atoms with E-state index in [9.17, 15) is 10.0 Å². The van der Waals surface area contributed by atoms with E-state index in [4.69, 9.17) is 4.42 Å². The Morgan fingerprint density at radius 2 is 1.76 bits per heavy atom. The minimum Gasteiger partial charge on any atom is -0.456 e. The first-order valence-corrected chi connectivity index (χ1v) is 5.62. The zero-order valence-corrected chi connectivity index (χ0v) is 9.69. The number of rotatable bonds is 1. The Labute approximate surface area is 103 Å². The molecule has 2 N–H and O–H groups in total. The highest BCUT2D eigenvalue weighted by Gasteiger charge is 2.17. The number of furan rings is 1. The van der Waals surface area contributed by atoms with Crippen molar-refractivity contribution < 1.29 is 14.5 Å². The van der Waals surface area contributed by atoms with Crippen LogP contribution in [0, 0.1) is 0 Å². The number of hydrogen-bond donors (Lipinski definition) is 3. The fourth-order valence-corrected chi connectivity index (χ4v) is 2.28. The third kappa shape index (κ3) is 1.63. The fraction of sp³-hybridized carbons (Fsp3) is 0. The molecule has 0 aliphatic rings. The normalized spacial score (nSPS) is 11.2. The van der Waals surface area contributed by atoms with Crippen LogP contribution in [0.2, 0.25) is 0 Å². The lowest BCUT2D eigenvalue weighted by Crippen LogP contribution is -2.30. The van der Waals surface area contributed by atoms with Crippen LogP contribution in [0.15, 0.2) is 45.7 Å². The number of fused-ring (bicyclic) bond motifs is 3. The molecule has 5 heteroatoms. The largest absolute Gasteiger partial charge is 0.489 e. The van der Waals surface area contributed by atoms with Crippen LogP contribution < -0.4 is 5.46 Å². The maximum Gasteiger partial charge on any atom is 0.489 e. The molecule has 3 aromatic rings. The predicted molar refractivity (Wildman–Crippen MR) is 70.8 cm³/mol. The van der Waals surface area contributed by atoms with Crippen LogP contribution in [0.3, 0.4) is 0 Å². The van der Waals surface area contributed by atoms with E-state index < -0.39 is 7.12 Å². The second-order valence-corrected chi connectivity index (χ2v) is 4.36. The van der Waals surface area contributed by atoms with Crippen molar-refractivity contribution in [1.82, 2.24) is 0 Å². The molecule has 1 heterocycles. The lowest BCUT2D eigenvalue weighted by atomic mass is 9.79. The number of para-hydroxylation sites is 1. The molecule has 0 radical (unpaired) electrons. The maximum absolute atomic E-state index is 9.25. The first-order chi connectivity index (χ1) is 8.16. The smallest absolute Gasteiger partial charge is 0.456 e. The highest BCUT2D eigenvalue weighted by Crippen LogP contribution is 2.29. The van der Waals surface area contributed by atoms with E-state index in [1.165, 1.54) is 0 Å². The van der Waals surface area contributed by atoms with Gasteiger partial charge in [-0.05, 0) is 23.7 Å². The molecule has 2 aromatic carbocycles. The average Bonchev–Trinajstić information content (AvgIpc) is 2.64. The van der Waals surface area contributed by atoms with Gasteiger partial charge in [-0.1, -0.05) is 18.2 Å². The van der Waals surface area contributed by atoms with Gasteiger partial charge in [0, 0.05) is 15.7 Å². The molecule has 3 nitrogen and oxygen atoms in total. The molecule has 0 aliphatic carbocycles. The number of hydrogen-bond acceptors (Lipinski definition) is 4. The van der Waals surface area contributed by atoms with Gasteiger partial charge in [0.2, 0.25) is 0 Å². The maximum atomic E-state index is 9.25. The summed E-state index contributed by atoms with van der Waals surface area (Å²) in [7, 11) is -1.53. The second-order valence-electron chi connectivity index (χ2n) is 3.88. The molecular formula is C12H9BO3S. The quantitative estimate of drug-likeness (QED) is 0.449. The third-order valence-electron chi connectivity index (χ3n) is 2.80. The van der Waals surface area contributed by atoms with Gasteiger partial charge in [0.05, 0.1) is 0 Å². The minimum atomic E-state index is -1.53. The Bertz CT molecular complexity index is 705. The highest BCUT2D eigenvalue weighted by atomic mass is 32.1. The molecule has 0 aliphatic heterocycles. The molecule has 0 fully saturated rings. The summed E-state index contributed by atoms with van der Waals surface area (Å²) in [6, 6.07) is 11.0. The Morgan fingerprint density at radius 1 is 1.00 bits per heavy atom. The van der Waals surface area contributed by atoms with Crippen LogP contribution in [0.4, 0.5) is 0 Å². The highest BCUT2D eigenvalue weighted by molar-refractivity contribution is 7.80. The van der Waals surface area contributed by atoms with Crippen molar-refractivity contribution in [2.75, 3.05) is 0 Å². The zero-order chi connectivity index (χ0) is 12.0. The third-order valence-corrected chi connectivity index (χ3v) is 3.19. The zero-order valence-electron chi connectivity index (χ0n) is 8.79. The summed E-state index contributed by atoms with van der Waals surface area (Å²) in [6.45, 7) is 0. The second kappa shape index (κ2) is 3.80. The van der Waals surface area contributed by atoms with Gasteiger partial charge in [0.15, 0.2) is 0 Å². The van der Waals surface area contributed by atoms with Crippen LogP contribution in [-0.2, 0) is 0 Å². The van der Waals surface area contributed by atoms with Crippen molar-refractivity contribution in [2.24, 2.45) is 0 Å². The van der Waals surface area contributed by atoms with Gasteiger partial charge in [-0.15, -0.1) is 12.6 Å². The standard InChI is InChI=1S/C12H9BO3S/c14-13(15)9-5-8-7-3-1-2-4-10(7)16-11(8)6-12(9)17/h1-6,14-15,17H. The van der Waals surface area contributed by atoms with Gasteiger partial charge in [-0.3, -0.25) is 0 Å². The molecule has 0 spiro atoms. The van der Waals surface area contributed by atoms with Gasteiger partial charge in [-0.2, -0.15) is 0 Å². The van der Waals surface area contributed by atoms with Crippen molar-refractivity contribution >= 4 is 47.1 Å². The monoisotopic (exact) mass is 244 g/mol. The Balaban J connectivity index is 2.43. The predicted octanol–water partition coefficient (Wildman–Crippen LogP) is 1.55. The Kier molecular flexibility index (Phi) is 2.40. The fourth-order valence-electron chi connectivity index (χ4n) is 1.98. The average molecular weight is 244 g/mol. The SMILES string of the molecule is OB(O)c1cc2c(cc1S)oc1ccccc12. The summed E-state index contributed by atoms with van der Waals surface area (Å²) in [5.74, 6) is 0. The number of benzene rings is 2. The molecule has 0 bridgehead atoms. The molecule has 0 unspecified atom stereocenters. The van der Waals surface area contributed by atoms with Crippen molar-refractivity contribution in [3.8, 4) is 0 Å². The summed E-state index contributed by atoms with van der Waals surface area (Å²) >= 11 is 4.21. The van der Waals surface area contributed by atoms with Crippen molar-refractivity contribution in [3.05, 3.63) is 36.4 Å². The van der Waals surface area contributed by atoms with Crippen LogP contribution in [0.1, 0.15) is 0 Å². The molecule has 0 amide bonds. The van der Waals surface area contributed by atoms with Gasteiger partial charge < -0.3 is 14.5 Å². The van der Waals surface area contributed by atoms with Crippen LogP contribution in [0.5, 0.6) is 0 Å². The molecule has 3 rings (SSSR count). The van der Waals surface area contributed by atoms with Crippen molar-refractivity contribution in [2.45, 2.75) is 4.90 Å². The Morgan fingerprint density at radius 3 is 2.53 bits per heavy atom. The van der Waals surface area contributed by atoms with E-state index in [0.717, 1.165) is 16.4 Å². The van der Waals surface area contributed by atoms with Crippen LogP contribution in [0.25, 0.3) is 21.9 Å². The molecule has 0 atom stereocenters. The minimum absolute atomic E-state index is 0.382. The molecule has 1 aromatic heterocycles. The molecular weight excluding hydrogens is 235 g/mol. The van der Waals surface area contributed by atoms with E-state index in [0.29, 0.717) is 15.9 Å². The molecule has 0 saturated carbocycles. The molecule has 84 valence electrons. The molecule has 0 saturated heterocycles. The summed E-state index contributed by atoms with van der Waals surface area (Å²) < 4.78 is 5.66. The molecule has 17 heavy (non-hydrogen) atoms. The number of thiol groups is 1. The van der Waals surface area contributed by atoms with E-state index in [2.05, 4.69) is 12.6 Å². The van der Waals surface area contributed by atoms with E-state index in [-0.39, 0.29) is 0 Å². The van der Waals surface area contributed by atoms with E-state index in [1.807, 2.05) is 24.3 Å². The summed E-state index contributed by atoms with van der Waals surface area (Å²) in [5.41, 5.74) is 1.85. The lowest BCUT2D eigenvalue weighted by Gasteiger charge is -2.03. The van der Waals surface area contributed by atoms with Gasteiger partial charge in [0.25, 0.3) is 0 Å². The summed E-state index contributed by atoms with van der Waals surface area (Å²) in [5, 5.41) is 20.3. The van der Waals surface area contributed by atoms with Crippen molar-refractivity contribution in [1.29, 1.82) is 0 Å². The summed E-state index contributed by atoms with van der Waals surface area (Å²) in [6.07, 6.45) is 0. The lowest BCUT2D eigenvalue weighted by molar-refractivity contribution is 0.425. The first kappa shape index (κ1) is 10.7.